The van der Waals surface area contributed by atoms with E-state index in [4.69, 9.17) is 4.74 Å². The van der Waals surface area contributed by atoms with E-state index in [9.17, 15) is 13.6 Å². The zero-order valence-electron chi connectivity index (χ0n) is 21.9. The number of benzene rings is 1. The van der Waals surface area contributed by atoms with Crippen molar-refractivity contribution >= 4 is 11.6 Å². The maximum absolute atomic E-state index is 13.9. The van der Waals surface area contributed by atoms with Gasteiger partial charge in [-0.3, -0.25) is 9.79 Å². The summed E-state index contributed by atoms with van der Waals surface area (Å²) in [5.41, 5.74) is 0.701. The van der Waals surface area contributed by atoms with Crippen molar-refractivity contribution in [2.45, 2.75) is 92.5 Å². The smallest absolute Gasteiger partial charge is 0.270 e. The van der Waals surface area contributed by atoms with Gasteiger partial charge >= 0.3 is 0 Å². The molecule has 0 saturated heterocycles. The number of rotatable bonds is 9. The van der Waals surface area contributed by atoms with Crippen molar-refractivity contribution < 1.29 is 18.3 Å². The molecule has 1 aliphatic carbocycles. The maximum Gasteiger partial charge on any atom is 0.270 e. The highest BCUT2D eigenvalue weighted by Gasteiger charge is 2.38. The van der Waals surface area contributed by atoms with Crippen LogP contribution in [0.4, 0.5) is 8.78 Å². The lowest BCUT2D eigenvalue weighted by atomic mass is 9.68. The van der Waals surface area contributed by atoms with Gasteiger partial charge < -0.3 is 10.1 Å². The topological polar surface area (TPSA) is 50.7 Å². The maximum atomic E-state index is 13.9. The number of allylic oxidation sites excluding steroid dienone is 1. The molecule has 4 nitrogen and oxygen atoms in total. The number of hydrogen-bond acceptors (Lipinski definition) is 3. The van der Waals surface area contributed by atoms with Gasteiger partial charge in [-0.2, -0.15) is 0 Å². The van der Waals surface area contributed by atoms with E-state index >= 15 is 0 Å². The number of nitrogens with one attached hydrogen (secondary N) is 1. The fourth-order valence-corrected chi connectivity index (χ4v) is 4.38. The second-order valence-corrected chi connectivity index (χ2v) is 8.93. The van der Waals surface area contributed by atoms with Crippen LogP contribution in [0.3, 0.4) is 0 Å². The van der Waals surface area contributed by atoms with Crippen LogP contribution in [0, 0.1) is 5.41 Å². The SMILES string of the molecule is C=CN=C(C(=O)NC(c1cccc(OCC)c1)C1(C)CCCCC1)/C(C)=C(\C)C(C)(F)F.CC. The first-order chi connectivity index (χ1) is 16.0. The van der Waals surface area contributed by atoms with Gasteiger partial charge in [0.2, 0.25) is 0 Å². The molecule has 34 heavy (non-hydrogen) atoms. The van der Waals surface area contributed by atoms with Crippen LogP contribution in [0.5, 0.6) is 5.75 Å². The summed E-state index contributed by atoms with van der Waals surface area (Å²) >= 11 is 0. The van der Waals surface area contributed by atoms with Crippen LogP contribution in [0.25, 0.3) is 0 Å². The molecular weight excluding hydrogens is 434 g/mol. The Morgan fingerprint density at radius 1 is 1.26 bits per heavy atom. The molecule has 1 atom stereocenters. The van der Waals surface area contributed by atoms with Gasteiger partial charge in [0.15, 0.2) is 0 Å². The molecule has 1 aromatic carbocycles. The number of hydrogen-bond donors (Lipinski definition) is 1. The second-order valence-electron chi connectivity index (χ2n) is 8.93. The first-order valence-corrected chi connectivity index (χ1v) is 12.3. The Morgan fingerprint density at radius 3 is 2.41 bits per heavy atom. The molecule has 1 N–H and O–H groups in total. The average molecular weight is 477 g/mol. The van der Waals surface area contributed by atoms with Crippen molar-refractivity contribution in [3.8, 4) is 5.75 Å². The van der Waals surface area contributed by atoms with E-state index < -0.39 is 11.8 Å². The summed E-state index contributed by atoms with van der Waals surface area (Å²) in [5, 5.41) is 3.13. The number of nitrogens with zero attached hydrogens (tertiary/aromatic N) is 1. The van der Waals surface area contributed by atoms with E-state index in [-0.39, 0.29) is 28.3 Å². The highest BCUT2D eigenvalue weighted by Crippen LogP contribution is 2.46. The molecule has 1 saturated carbocycles. The van der Waals surface area contributed by atoms with Gasteiger partial charge in [0.1, 0.15) is 11.5 Å². The summed E-state index contributed by atoms with van der Waals surface area (Å²) in [5.74, 6) is -2.79. The molecule has 0 aromatic heterocycles. The van der Waals surface area contributed by atoms with E-state index in [0.717, 1.165) is 43.9 Å². The van der Waals surface area contributed by atoms with Crippen LogP contribution in [0.15, 0.2) is 53.2 Å². The number of carbonyl (C=O) groups is 1. The molecular formula is C28H42F2N2O2. The predicted octanol–water partition coefficient (Wildman–Crippen LogP) is 7.82. The third kappa shape index (κ3) is 7.78. The van der Waals surface area contributed by atoms with Crippen molar-refractivity contribution in [3.63, 3.8) is 0 Å². The number of aliphatic imine (C=N–C) groups is 1. The minimum absolute atomic E-state index is 0.0376. The standard InChI is InChI=1S/C26H36F2N2O2.C2H6/c1-7-29-22(18(3)19(4)26(6,27)28)24(31)30-23(25(5)15-10-9-11-16-25)20-13-12-14-21(17-20)32-8-2;1-2/h7,12-14,17,23H,1,8-11,15-16H2,2-6H3,(H,30,31);1-2H3/b19-18+,29-22?;. The molecule has 1 fully saturated rings. The number of halogens is 2. The van der Waals surface area contributed by atoms with Crippen molar-refractivity contribution in [1.82, 2.24) is 5.32 Å². The first kappa shape index (κ1) is 29.5. The van der Waals surface area contributed by atoms with E-state index in [1.54, 1.807) is 0 Å². The first-order valence-electron chi connectivity index (χ1n) is 12.3. The quantitative estimate of drug-likeness (QED) is 0.369. The summed E-state index contributed by atoms with van der Waals surface area (Å²) in [6, 6.07) is 7.43. The molecule has 190 valence electrons. The molecule has 1 amide bonds. The van der Waals surface area contributed by atoms with Crippen molar-refractivity contribution in [3.05, 3.63) is 53.8 Å². The highest BCUT2D eigenvalue weighted by molar-refractivity contribution is 6.45. The highest BCUT2D eigenvalue weighted by atomic mass is 19.3. The van der Waals surface area contributed by atoms with Gasteiger partial charge in [-0.15, -0.1) is 0 Å². The van der Waals surface area contributed by atoms with E-state index in [1.807, 2.05) is 45.0 Å². The van der Waals surface area contributed by atoms with Gasteiger partial charge in [-0.05, 0) is 62.3 Å². The van der Waals surface area contributed by atoms with Gasteiger partial charge in [-0.1, -0.05) is 58.7 Å². The Hall–Kier alpha value is -2.50. The molecule has 1 aliphatic rings. The summed E-state index contributed by atoms with van der Waals surface area (Å²) < 4.78 is 33.6. The van der Waals surface area contributed by atoms with Crippen molar-refractivity contribution in [2.24, 2.45) is 10.4 Å². The van der Waals surface area contributed by atoms with Crippen molar-refractivity contribution in [1.29, 1.82) is 0 Å². The Balaban J connectivity index is 0.00000281. The molecule has 0 bridgehead atoms. The van der Waals surface area contributed by atoms with E-state index in [2.05, 4.69) is 23.8 Å². The Labute approximate surface area is 204 Å². The van der Waals surface area contributed by atoms with Crippen LogP contribution in [-0.4, -0.2) is 24.1 Å². The molecule has 0 radical (unpaired) electrons. The normalized spacial score (nSPS) is 17.5. The monoisotopic (exact) mass is 476 g/mol. The molecule has 1 aromatic rings. The number of ether oxygens (including phenoxy) is 1. The lowest BCUT2D eigenvalue weighted by molar-refractivity contribution is -0.116. The fourth-order valence-electron chi connectivity index (χ4n) is 4.38. The molecule has 0 aliphatic heterocycles. The number of alkyl halides is 2. The minimum atomic E-state index is -3.05. The van der Waals surface area contributed by atoms with Crippen LogP contribution in [0.1, 0.15) is 92.2 Å². The Bertz CT molecular complexity index is 879. The summed E-state index contributed by atoms with van der Waals surface area (Å²) in [6.07, 6.45) is 6.48. The van der Waals surface area contributed by atoms with Crippen LogP contribution in [-0.2, 0) is 4.79 Å². The largest absolute Gasteiger partial charge is 0.494 e. The average Bonchev–Trinajstić information content (AvgIpc) is 2.81. The third-order valence-corrected chi connectivity index (χ3v) is 6.48. The zero-order valence-corrected chi connectivity index (χ0v) is 21.9. The van der Waals surface area contributed by atoms with Gasteiger partial charge in [-0.25, -0.2) is 8.78 Å². The summed E-state index contributed by atoms with van der Waals surface area (Å²) in [4.78, 5) is 17.5. The van der Waals surface area contributed by atoms with E-state index in [1.165, 1.54) is 26.5 Å². The lowest BCUT2D eigenvalue weighted by Crippen LogP contribution is -2.43. The second kappa shape index (κ2) is 13.4. The van der Waals surface area contributed by atoms with Gasteiger partial charge in [0.05, 0.1) is 12.6 Å². The third-order valence-electron chi connectivity index (χ3n) is 6.48. The van der Waals surface area contributed by atoms with Crippen LogP contribution in [0.2, 0.25) is 0 Å². The number of amides is 1. The number of carbonyl (C=O) groups excluding carboxylic acids is 1. The van der Waals surface area contributed by atoms with E-state index in [0.29, 0.717) is 6.61 Å². The fraction of sp³-hybridized carbons (Fsp3) is 0.571. The molecule has 0 heterocycles. The summed E-state index contributed by atoms with van der Waals surface area (Å²) in [7, 11) is 0. The Morgan fingerprint density at radius 2 is 1.88 bits per heavy atom. The molecule has 6 heteroatoms. The van der Waals surface area contributed by atoms with Crippen LogP contribution >= 0.6 is 0 Å². The van der Waals surface area contributed by atoms with Gasteiger partial charge in [0, 0.05) is 18.7 Å². The predicted molar refractivity (Wildman–Crippen MR) is 138 cm³/mol. The molecule has 1 unspecified atom stereocenters. The molecule has 2 rings (SSSR count). The minimum Gasteiger partial charge on any atom is -0.494 e. The lowest BCUT2D eigenvalue weighted by Gasteiger charge is -2.41. The van der Waals surface area contributed by atoms with Gasteiger partial charge in [0.25, 0.3) is 11.8 Å². The molecule has 0 spiro atoms. The Kier molecular flexibility index (Phi) is 11.6. The summed E-state index contributed by atoms with van der Waals surface area (Å²) in [6.45, 7) is 15.9. The van der Waals surface area contributed by atoms with Crippen LogP contribution < -0.4 is 10.1 Å². The zero-order chi connectivity index (χ0) is 25.9. The van der Waals surface area contributed by atoms with Crippen molar-refractivity contribution in [2.75, 3.05) is 6.61 Å².